The summed E-state index contributed by atoms with van der Waals surface area (Å²) in [4.78, 5) is 105. The number of hydrogen-bond donors (Lipinski definition) is 15. The second-order valence-corrected chi connectivity index (χ2v) is 29.3. The first-order valence-corrected chi connectivity index (χ1v) is 36.2. The summed E-state index contributed by atoms with van der Waals surface area (Å²) in [7, 11) is 0. The van der Waals surface area contributed by atoms with Gasteiger partial charge in [-0.2, -0.15) is 0 Å². The molecule has 0 bridgehead atoms. The van der Waals surface area contributed by atoms with Gasteiger partial charge in [0.15, 0.2) is 21.3 Å². The molecule has 0 saturated heterocycles. The van der Waals surface area contributed by atoms with Crippen molar-refractivity contribution in [3.8, 4) is 5.88 Å². The van der Waals surface area contributed by atoms with Crippen molar-refractivity contribution in [3.05, 3.63) is 182 Å². The van der Waals surface area contributed by atoms with Gasteiger partial charge >= 0.3 is 0 Å². The first-order valence-electron chi connectivity index (χ1n) is 30.9. The molecular formula is C64H63ClN18O12S6. The minimum Gasteiger partial charge on any atom is -0.494 e. The van der Waals surface area contributed by atoms with Crippen LogP contribution < -0.4 is 59.6 Å². The van der Waals surface area contributed by atoms with E-state index in [4.69, 9.17) is 33.9 Å². The number of carbonyl (C=O) groups excluding carboxylic acids is 3. The molecule has 2 aliphatic heterocycles. The van der Waals surface area contributed by atoms with E-state index in [0.29, 0.717) is 75.1 Å². The van der Waals surface area contributed by atoms with Gasteiger partial charge in [-0.3, -0.25) is 66.7 Å². The molecule has 5 unspecified atom stereocenters. The second-order valence-electron chi connectivity index (χ2n) is 23.4. The molecule has 5 atom stereocenters. The Hall–Kier alpha value is -9.83. The Morgan fingerprint density at radius 3 is 1.47 bits per heavy atom. The molecule has 11 aromatic rings. The van der Waals surface area contributed by atoms with Crippen molar-refractivity contribution in [3.63, 3.8) is 0 Å². The third kappa shape index (κ3) is 15.3. The first kappa shape index (κ1) is 71.0. The zero-order valence-electron chi connectivity index (χ0n) is 53.4. The number of aromatic nitrogens is 7. The third-order valence-corrected chi connectivity index (χ3v) is 21.3. The van der Waals surface area contributed by atoms with Crippen LogP contribution in [0.3, 0.4) is 0 Å². The normalized spacial score (nSPS) is 16.1. The topological polar surface area (TPSA) is 472 Å². The highest BCUT2D eigenvalue weighted by Crippen LogP contribution is 2.44. The number of nitrogens with zero attached hydrogens (tertiary/aromatic N) is 9. The fourth-order valence-corrected chi connectivity index (χ4v) is 15.8. The average Bonchev–Trinajstić information content (AvgIpc) is 1.64. The van der Waals surface area contributed by atoms with Gasteiger partial charge in [0.1, 0.15) is 76.3 Å². The van der Waals surface area contributed by atoms with Crippen LogP contribution in [0.5, 0.6) is 5.88 Å². The minimum atomic E-state index is -1.000. The predicted octanol–water partition coefficient (Wildman–Crippen LogP) is 7.24. The van der Waals surface area contributed by atoms with Gasteiger partial charge in [0, 0.05) is 29.3 Å². The second kappa shape index (κ2) is 30.2. The van der Waals surface area contributed by atoms with Crippen LogP contribution in [0.1, 0.15) is 102 Å². The van der Waals surface area contributed by atoms with Crippen molar-refractivity contribution >= 4 is 179 Å². The summed E-state index contributed by atoms with van der Waals surface area (Å²) in [5, 5.41) is 73.6. The van der Waals surface area contributed by atoms with Crippen molar-refractivity contribution in [2.24, 2.45) is 32.2 Å². The molecule has 1 aliphatic carbocycles. The molecule has 524 valence electrons. The Kier molecular flexibility index (Phi) is 21.2. The van der Waals surface area contributed by atoms with Crippen molar-refractivity contribution in [2.75, 3.05) is 45.6 Å². The number of hydrogen-bond acceptors (Lipinski definition) is 27. The lowest BCUT2D eigenvalue weighted by molar-refractivity contribution is 0.0897. The van der Waals surface area contributed by atoms with E-state index >= 15 is 0 Å². The van der Waals surface area contributed by atoms with Gasteiger partial charge in [-0.25, -0.2) is 19.5 Å². The quantitative estimate of drug-likeness (QED) is 0.0280. The molecule has 9 heterocycles. The Labute approximate surface area is 600 Å². The Bertz CT molecular complexity index is 5250. The maximum atomic E-state index is 13.3. The van der Waals surface area contributed by atoms with Crippen LogP contribution in [0, 0.1) is 0 Å². The number of aliphatic imine (C=N–C) groups is 3. The first-order chi connectivity index (χ1) is 48.5. The van der Waals surface area contributed by atoms with Crippen LogP contribution in [0.4, 0.5) is 41.8 Å². The average molecular weight is 1500 g/mol. The largest absolute Gasteiger partial charge is 0.494 e. The molecule has 7 aromatic heterocycles. The molecule has 2 amide bonds. The fourth-order valence-electron chi connectivity index (χ4n) is 10.9. The SMILES string of the molecule is CC(CO)N=C(N)c1c(Nc2ncc(C(=O)N3c4cc(Cl)ccc4CC3O)s2)s[nH]c1=O.CC(CO)N=C(N)c1c(Nc2ncc(C(=O)N3c4ccc(C5CC5)cc4CC3O)s2)s[nH]c1=O.CC(CO)N=C(N)c1c(Nc2ncc(C(=O)n3c(O)cc4cc5ccccc5cc43)s2)s[nH]c1=O. The van der Waals surface area contributed by atoms with E-state index in [1.54, 1.807) is 45.0 Å². The van der Waals surface area contributed by atoms with Crippen LogP contribution in [0.15, 0.2) is 127 Å². The molecule has 0 radical (unpaired) electrons. The predicted molar refractivity (Wildman–Crippen MR) is 397 cm³/mol. The maximum Gasteiger partial charge on any atom is 0.276 e. The number of aromatic hydroxyl groups is 1. The molecule has 1 saturated carbocycles. The summed E-state index contributed by atoms with van der Waals surface area (Å²) in [6.07, 6.45) is 5.41. The van der Waals surface area contributed by atoms with Crippen molar-refractivity contribution in [1.29, 1.82) is 0 Å². The summed E-state index contributed by atoms with van der Waals surface area (Å²) >= 11 is 12.4. The minimum absolute atomic E-state index is 0.00164. The number of aromatic amines is 3. The molecule has 4 aromatic carbocycles. The highest BCUT2D eigenvalue weighted by Gasteiger charge is 2.37. The number of amidine groups is 3. The standard InChI is InChI=1S/C23H20N6O4S2.C22H24N6O4S2.C19H19ClN6O4S2/c1-11(10-30)26-19(24)18-20(32)28-35-21(18)27-23-25-9-16(34-23)22(33)29-15-7-13-5-3-2-4-12(13)6-14(15)8-17(29)31;1-10(9-29)25-18(23)17-19(31)27-34-20(17)26-22-24-8-15(33-22)21(32)28-14-5-4-12(11-2-3-11)6-13(14)7-16(28)30;1-8(7-27)23-15(21)14-16(29)25-32-17(14)24-19-22-6-12(31-19)18(30)26-11-5-10(20)3-2-9(11)4-13(26)28/h2-9,11,30-31H,10H2,1H3,(H2,24,26)(H,25,27)(H,28,32);4-6,8,10-11,16,29-30H,2-3,7,9H2,1H3,(H2,23,25)(H,24,26)(H,27,31);2-3,5-6,8,13,27-28H,4,7H2,1H3,(H2,21,23)(H,22,24)(H,25,29). The van der Waals surface area contributed by atoms with E-state index in [9.17, 15) is 54.3 Å². The lowest BCUT2D eigenvalue weighted by Crippen LogP contribution is -2.37. The number of nitrogens with one attached hydrogen (secondary N) is 6. The smallest absolute Gasteiger partial charge is 0.276 e. The lowest BCUT2D eigenvalue weighted by Gasteiger charge is -2.20. The molecule has 37 heteroatoms. The van der Waals surface area contributed by atoms with E-state index < -0.39 is 59.1 Å². The van der Waals surface area contributed by atoms with Gasteiger partial charge in [-0.1, -0.05) is 88.1 Å². The lowest BCUT2D eigenvalue weighted by atomic mass is 10.1. The Balaban J connectivity index is 0.000000143. The zero-order chi connectivity index (χ0) is 71.7. The third-order valence-electron chi connectivity index (χ3n) is 16.0. The van der Waals surface area contributed by atoms with Crippen molar-refractivity contribution < 1.29 is 45.0 Å². The molecule has 18 N–H and O–H groups in total. The van der Waals surface area contributed by atoms with Crippen LogP contribution in [0.2, 0.25) is 5.02 Å². The summed E-state index contributed by atoms with van der Waals surface area (Å²) < 4.78 is 9.04. The number of anilines is 8. The number of nitrogens with two attached hydrogens (primary N) is 3. The van der Waals surface area contributed by atoms with Crippen molar-refractivity contribution in [2.45, 2.75) is 83.0 Å². The van der Waals surface area contributed by atoms with Gasteiger partial charge in [0.05, 0.1) is 73.4 Å². The molecule has 30 nitrogen and oxygen atoms in total. The number of fused-ring (bicyclic) bond motifs is 4. The Morgan fingerprint density at radius 1 is 0.574 bits per heavy atom. The maximum absolute atomic E-state index is 13.3. The number of aliphatic hydroxyl groups excluding tert-OH is 5. The molecular weight excluding hydrogens is 1440 g/mol. The van der Waals surface area contributed by atoms with E-state index in [-0.39, 0.29) is 70.7 Å². The van der Waals surface area contributed by atoms with E-state index in [2.05, 4.69) is 65.1 Å². The van der Waals surface area contributed by atoms with Gasteiger partial charge < -0.3 is 63.8 Å². The van der Waals surface area contributed by atoms with Gasteiger partial charge in [0.2, 0.25) is 0 Å². The number of amides is 2. The zero-order valence-corrected chi connectivity index (χ0v) is 59.0. The van der Waals surface area contributed by atoms with E-state index in [1.165, 1.54) is 51.4 Å². The number of benzene rings is 4. The number of halogens is 1. The van der Waals surface area contributed by atoms with Crippen LogP contribution >= 0.6 is 80.2 Å². The molecule has 3 aliphatic rings. The number of carbonyl (C=O) groups is 3. The van der Waals surface area contributed by atoms with Gasteiger partial charge in [0.25, 0.3) is 34.4 Å². The van der Waals surface area contributed by atoms with Crippen LogP contribution in [0.25, 0.3) is 21.7 Å². The highest BCUT2D eigenvalue weighted by atomic mass is 35.5. The van der Waals surface area contributed by atoms with Gasteiger partial charge in [-0.05, 0) is 132 Å². The number of thiazole rings is 3. The number of rotatable bonds is 19. The van der Waals surface area contributed by atoms with Crippen LogP contribution in [-0.4, -0.2) is 149 Å². The van der Waals surface area contributed by atoms with Crippen molar-refractivity contribution in [1.82, 2.24) is 32.6 Å². The molecule has 1 fully saturated rings. The van der Waals surface area contributed by atoms with E-state index in [0.717, 1.165) is 102 Å². The fraction of sp³-hybridized carbons (Fsp3) is 0.250. The Morgan fingerprint density at radius 2 is 1.01 bits per heavy atom. The highest BCUT2D eigenvalue weighted by molar-refractivity contribution is 7.19. The molecule has 0 spiro atoms. The summed E-state index contributed by atoms with van der Waals surface area (Å²) in [5.74, 6) is -0.779. The summed E-state index contributed by atoms with van der Waals surface area (Å²) in [5.41, 5.74) is 22.0. The van der Waals surface area contributed by atoms with E-state index in [1.807, 2.05) is 48.5 Å². The monoisotopic (exact) mass is 1500 g/mol. The van der Waals surface area contributed by atoms with Crippen LogP contribution in [-0.2, 0) is 12.8 Å². The summed E-state index contributed by atoms with van der Waals surface area (Å²) in [6, 6.07) is 22.9. The molecule has 14 rings (SSSR count). The van der Waals surface area contributed by atoms with Gasteiger partial charge in [-0.15, -0.1) is 0 Å². The number of aliphatic hydroxyl groups is 5. The summed E-state index contributed by atoms with van der Waals surface area (Å²) in [6.45, 7) is 4.40. The molecule has 101 heavy (non-hydrogen) atoms. The number of H-pyrrole nitrogens is 3.